The van der Waals surface area contributed by atoms with Crippen LogP contribution in [0.4, 0.5) is 5.69 Å². The summed E-state index contributed by atoms with van der Waals surface area (Å²) in [6, 6.07) is 5.19. The SMILES string of the molecule is Cc1c(Cl)cccc1NC(=O)CNC(=O)C1=NN(C)C(=O)CC1. The van der Waals surface area contributed by atoms with E-state index in [1.54, 1.807) is 25.1 Å². The van der Waals surface area contributed by atoms with Crippen LogP contribution in [0, 0.1) is 6.92 Å². The third-order valence-corrected chi connectivity index (χ3v) is 3.83. The van der Waals surface area contributed by atoms with Crippen molar-refractivity contribution in [3.63, 3.8) is 0 Å². The van der Waals surface area contributed by atoms with E-state index in [-0.39, 0.29) is 36.9 Å². The van der Waals surface area contributed by atoms with Crippen molar-refractivity contribution in [2.24, 2.45) is 5.10 Å². The Labute approximate surface area is 138 Å². The molecule has 1 aromatic carbocycles. The van der Waals surface area contributed by atoms with Gasteiger partial charge in [0.25, 0.3) is 5.91 Å². The highest BCUT2D eigenvalue weighted by atomic mass is 35.5. The van der Waals surface area contributed by atoms with Gasteiger partial charge in [-0.05, 0) is 24.6 Å². The van der Waals surface area contributed by atoms with Gasteiger partial charge in [-0.25, -0.2) is 5.01 Å². The maximum atomic E-state index is 11.9. The number of nitrogens with zero attached hydrogens (tertiary/aromatic N) is 2. The lowest BCUT2D eigenvalue weighted by atomic mass is 10.1. The van der Waals surface area contributed by atoms with Crippen molar-refractivity contribution in [2.75, 3.05) is 18.9 Å². The molecule has 3 amide bonds. The summed E-state index contributed by atoms with van der Waals surface area (Å²) in [6.45, 7) is 1.60. The first kappa shape index (κ1) is 17.0. The fraction of sp³-hybridized carbons (Fsp3) is 0.333. The summed E-state index contributed by atoms with van der Waals surface area (Å²) in [6.07, 6.45) is 0.501. The van der Waals surface area contributed by atoms with E-state index in [0.29, 0.717) is 10.7 Å². The molecule has 0 radical (unpaired) electrons. The van der Waals surface area contributed by atoms with Gasteiger partial charge in [-0.15, -0.1) is 0 Å². The van der Waals surface area contributed by atoms with Gasteiger partial charge in [0.2, 0.25) is 11.8 Å². The number of hydrogen-bond acceptors (Lipinski definition) is 4. The summed E-state index contributed by atoms with van der Waals surface area (Å²) in [5.41, 5.74) is 1.58. The van der Waals surface area contributed by atoms with Crippen LogP contribution in [-0.4, -0.2) is 42.0 Å². The first-order valence-electron chi connectivity index (χ1n) is 7.05. The summed E-state index contributed by atoms with van der Waals surface area (Å²) in [7, 11) is 1.49. The zero-order valence-electron chi connectivity index (χ0n) is 12.9. The number of nitrogens with one attached hydrogen (secondary N) is 2. The smallest absolute Gasteiger partial charge is 0.267 e. The van der Waals surface area contributed by atoms with Gasteiger partial charge in [-0.1, -0.05) is 17.7 Å². The fourth-order valence-corrected chi connectivity index (χ4v) is 2.21. The molecule has 0 unspecified atom stereocenters. The van der Waals surface area contributed by atoms with Crippen LogP contribution in [0.5, 0.6) is 0 Å². The van der Waals surface area contributed by atoms with Gasteiger partial charge in [0.15, 0.2) is 0 Å². The zero-order chi connectivity index (χ0) is 17.0. The van der Waals surface area contributed by atoms with E-state index < -0.39 is 5.91 Å². The summed E-state index contributed by atoms with van der Waals surface area (Å²) in [5.74, 6) is -0.970. The zero-order valence-corrected chi connectivity index (χ0v) is 13.6. The monoisotopic (exact) mass is 336 g/mol. The van der Waals surface area contributed by atoms with Crippen molar-refractivity contribution in [3.8, 4) is 0 Å². The molecule has 0 bridgehead atoms. The Kier molecular flexibility index (Phi) is 5.33. The summed E-state index contributed by atoms with van der Waals surface area (Å²) >= 11 is 5.98. The van der Waals surface area contributed by atoms with Gasteiger partial charge in [0, 0.05) is 30.6 Å². The van der Waals surface area contributed by atoms with Gasteiger partial charge in [0.1, 0.15) is 5.71 Å². The maximum Gasteiger partial charge on any atom is 0.267 e. The number of hydrazone groups is 1. The van der Waals surface area contributed by atoms with Crippen LogP contribution in [0.25, 0.3) is 0 Å². The predicted octanol–water partition coefficient (Wildman–Crippen LogP) is 1.31. The van der Waals surface area contributed by atoms with Crippen LogP contribution in [0.1, 0.15) is 18.4 Å². The van der Waals surface area contributed by atoms with Crippen LogP contribution in [0.3, 0.4) is 0 Å². The highest BCUT2D eigenvalue weighted by Gasteiger charge is 2.22. The summed E-state index contributed by atoms with van der Waals surface area (Å²) in [4.78, 5) is 35.2. The molecule has 0 saturated carbocycles. The molecule has 23 heavy (non-hydrogen) atoms. The normalized spacial score (nSPS) is 14.3. The molecule has 0 aromatic heterocycles. The van der Waals surface area contributed by atoms with Crippen molar-refractivity contribution in [1.82, 2.24) is 10.3 Å². The Morgan fingerprint density at radius 2 is 2.09 bits per heavy atom. The second kappa shape index (κ2) is 7.23. The minimum Gasteiger partial charge on any atom is -0.342 e. The lowest BCUT2D eigenvalue weighted by molar-refractivity contribution is -0.130. The largest absolute Gasteiger partial charge is 0.342 e. The average molecular weight is 337 g/mol. The molecular formula is C15H17ClN4O3. The van der Waals surface area contributed by atoms with Crippen molar-refractivity contribution in [3.05, 3.63) is 28.8 Å². The lowest BCUT2D eigenvalue weighted by Gasteiger charge is -2.18. The molecule has 1 heterocycles. The van der Waals surface area contributed by atoms with Crippen LogP contribution in [0.2, 0.25) is 5.02 Å². The first-order chi connectivity index (χ1) is 10.9. The number of halogens is 1. The molecule has 2 N–H and O–H groups in total. The van der Waals surface area contributed by atoms with E-state index in [4.69, 9.17) is 11.6 Å². The van der Waals surface area contributed by atoms with Crippen molar-refractivity contribution in [1.29, 1.82) is 0 Å². The topological polar surface area (TPSA) is 90.9 Å². The quantitative estimate of drug-likeness (QED) is 0.868. The summed E-state index contributed by atoms with van der Waals surface area (Å²) in [5, 5.41) is 10.7. The number of anilines is 1. The van der Waals surface area contributed by atoms with E-state index in [1.807, 2.05) is 0 Å². The Hall–Kier alpha value is -2.41. The van der Waals surface area contributed by atoms with Gasteiger partial charge < -0.3 is 10.6 Å². The standard InChI is InChI=1S/C15H17ClN4O3/c1-9-10(16)4-3-5-11(9)18-13(21)8-17-15(23)12-6-7-14(22)20(2)19-12/h3-5H,6-8H2,1-2H3,(H,17,23)(H,18,21). The number of benzene rings is 1. The van der Waals surface area contributed by atoms with Gasteiger partial charge in [-0.2, -0.15) is 5.10 Å². The maximum absolute atomic E-state index is 11.9. The Balaban J connectivity index is 1.89. The number of rotatable bonds is 4. The molecule has 0 atom stereocenters. The molecule has 2 rings (SSSR count). The van der Waals surface area contributed by atoms with Crippen LogP contribution in [0.15, 0.2) is 23.3 Å². The van der Waals surface area contributed by atoms with Gasteiger partial charge in [-0.3, -0.25) is 14.4 Å². The number of carbonyl (C=O) groups is 3. The van der Waals surface area contributed by atoms with Crippen molar-refractivity contribution < 1.29 is 14.4 Å². The number of hydrogen-bond donors (Lipinski definition) is 2. The van der Waals surface area contributed by atoms with E-state index in [2.05, 4.69) is 15.7 Å². The second-order valence-corrected chi connectivity index (χ2v) is 5.51. The molecule has 7 nitrogen and oxygen atoms in total. The van der Waals surface area contributed by atoms with Crippen molar-refractivity contribution >= 4 is 40.7 Å². The lowest BCUT2D eigenvalue weighted by Crippen LogP contribution is -2.40. The fourth-order valence-electron chi connectivity index (χ4n) is 2.03. The minimum absolute atomic E-state index is 0.143. The third-order valence-electron chi connectivity index (χ3n) is 3.42. The van der Waals surface area contributed by atoms with Crippen molar-refractivity contribution in [2.45, 2.75) is 19.8 Å². The van der Waals surface area contributed by atoms with Gasteiger partial charge in [0.05, 0.1) is 6.54 Å². The van der Waals surface area contributed by atoms with E-state index in [9.17, 15) is 14.4 Å². The summed E-state index contributed by atoms with van der Waals surface area (Å²) < 4.78 is 0. The molecule has 1 aliphatic heterocycles. The average Bonchev–Trinajstić information content (AvgIpc) is 2.52. The van der Waals surface area contributed by atoms with Gasteiger partial charge >= 0.3 is 0 Å². The van der Waals surface area contributed by atoms with Crippen LogP contribution >= 0.6 is 11.6 Å². The molecule has 0 fully saturated rings. The number of carbonyl (C=O) groups excluding carboxylic acids is 3. The van der Waals surface area contributed by atoms with E-state index >= 15 is 0 Å². The minimum atomic E-state index is -0.456. The molecule has 0 aliphatic carbocycles. The highest BCUT2D eigenvalue weighted by molar-refractivity contribution is 6.39. The molecular weight excluding hydrogens is 320 g/mol. The second-order valence-electron chi connectivity index (χ2n) is 5.11. The Morgan fingerprint density at radius 3 is 2.78 bits per heavy atom. The third kappa shape index (κ3) is 4.29. The van der Waals surface area contributed by atoms with Crippen LogP contribution in [-0.2, 0) is 14.4 Å². The highest BCUT2D eigenvalue weighted by Crippen LogP contribution is 2.22. The molecule has 1 aromatic rings. The Morgan fingerprint density at radius 1 is 1.35 bits per heavy atom. The molecule has 0 saturated heterocycles. The van der Waals surface area contributed by atoms with Crippen LogP contribution < -0.4 is 10.6 Å². The first-order valence-corrected chi connectivity index (χ1v) is 7.43. The van der Waals surface area contributed by atoms with E-state index in [1.165, 1.54) is 7.05 Å². The predicted molar refractivity (Wildman–Crippen MR) is 87.3 cm³/mol. The molecule has 1 aliphatic rings. The Bertz CT molecular complexity index is 687. The number of amides is 3. The molecule has 0 spiro atoms. The molecule has 8 heteroatoms. The van der Waals surface area contributed by atoms with E-state index in [0.717, 1.165) is 10.6 Å². The molecule has 122 valence electrons.